The number of esters is 1. The van der Waals surface area contributed by atoms with E-state index in [2.05, 4.69) is 4.74 Å². The third kappa shape index (κ3) is 3.62. The first kappa shape index (κ1) is 19.6. The van der Waals surface area contributed by atoms with Gasteiger partial charge in [0.25, 0.3) is 0 Å². The number of rotatable bonds is 4. The van der Waals surface area contributed by atoms with Crippen LogP contribution in [0.5, 0.6) is 5.75 Å². The summed E-state index contributed by atoms with van der Waals surface area (Å²) < 4.78 is 76.7. The van der Waals surface area contributed by atoms with Crippen LogP contribution >= 0.6 is 0 Å². The molecule has 0 aliphatic carbocycles. The standard InChI is InChI=1S/C18H12F5NO4/c19-14-9(15(20)17(22)18(23)16(14)21)8-28-13(26)7-24-10-3-1-2-4-11(10)27-6-5-12(24)25/h1-4H,5-8H2. The summed E-state index contributed by atoms with van der Waals surface area (Å²) in [6, 6.07) is 6.37. The van der Waals surface area contributed by atoms with Crippen molar-refractivity contribution in [3.05, 3.63) is 58.9 Å². The molecule has 0 spiro atoms. The number of para-hydroxylation sites is 2. The Hall–Kier alpha value is -3.17. The fourth-order valence-corrected chi connectivity index (χ4v) is 2.60. The Morgan fingerprint density at radius 2 is 1.61 bits per heavy atom. The van der Waals surface area contributed by atoms with Crippen LogP contribution in [0.3, 0.4) is 0 Å². The van der Waals surface area contributed by atoms with Crippen LogP contribution in [0.2, 0.25) is 0 Å². The summed E-state index contributed by atoms with van der Waals surface area (Å²) in [6.07, 6.45) is -0.0282. The number of carbonyl (C=O) groups excluding carboxylic acids is 2. The van der Waals surface area contributed by atoms with Crippen molar-refractivity contribution < 1.29 is 41.0 Å². The zero-order valence-corrected chi connectivity index (χ0v) is 14.1. The molecule has 1 heterocycles. The van der Waals surface area contributed by atoms with Gasteiger partial charge in [0.15, 0.2) is 23.3 Å². The van der Waals surface area contributed by atoms with Crippen molar-refractivity contribution in [2.75, 3.05) is 18.1 Å². The molecule has 0 radical (unpaired) electrons. The zero-order chi connectivity index (χ0) is 20.4. The van der Waals surface area contributed by atoms with Crippen molar-refractivity contribution in [3.8, 4) is 5.75 Å². The van der Waals surface area contributed by atoms with Gasteiger partial charge in [0.1, 0.15) is 18.9 Å². The first-order valence-corrected chi connectivity index (χ1v) is 7.99. The van der Waals surface area contributed by atoms with Crippen LogP contribution in [0.15, 0.2) is 24.3 Å². The van der Waals surface area contributed by atoms with Gasteiger partial charge in [-0.15, -0.1) is 0 Å². The lowest BCUT2D eigenvalue weighted by Crippen LogP contribution is -2.36. The first-order valence-electron chi connectivity index (χ1n) is 7.99. The zero-order valence-electron chi connectivity index (χ0n) is 14.1. The van der Waals surface area contributed by atoms with E-state index in [1.807, 2.05) is 0 Å². The lowest BCUT2D eigenvalue weighted by Gasteiger charge is -2.21. The number of anilines is 1. The van der Waals surface area contributed by atoms with Crippen molar-refractivity contribution in [2.24, 2.45) is 0 Å². The predicted molar refractivity (Wildman–Crippen MR) is 84.9 cm³/mol. The fraction of sp³-hybridized carbons (Fsp3) is 0.222. The van der Waals surface area contributed by atoms with E-state index in [1.54, 1.807) is 18.2 Å². The molecule has 1 amide bonds. The SMILES string of the molecule is O=C(CN1C(=O)CCOc2ccccc21)OCc1c(F)c(F)c(F)c(F)c1F. The van der Waals surface area contributed by atoms with E-state index < -0.39 is 59.7 Å². The highest BCUT2D eigenvalue weighted by Crippen LogP contribution is 2.31. The maximum Gasteiger partial charge on any atom is 0.326 e. The average Bonchev–Trinajstić information content (AvgIpc) is 2.84. The number of carbonyl (C=O) groups is 2. The van der Waals surface area contributed by atoms with Gasteiger partial charge < -0.3 is 9.47 Å². The number of fused-ring (bicyclic) bond motifs is 1. The second-order valence-electron chi connectivity index (χ2n) is 5.76. The number of amides is 1. The molecular weight excluding hydrogens is 389 g/mol. The highest BCUT2D eigenvalue weighted by Gasteiger charge is 2.28. The monoisotopic (exact) mass is 401 g/mol. The minimum atomic E-state index is -2.31. The summed E-state index contributed by atoms with van der Waals surface area (Å²) >= 11 is 0. The van der Waals surface area contributed by atoms with E-state index in [4.69, 9.17) is 4.74 Å². The van der Waals surface area contributed by atoms with Crippen molar-refractivity contribution in [1.82, 2.24) is 0 Å². The largest absolute Gasteiger partial charge is 0.491 e. The van der Waals surface area contributed by atoms with Crippen LogP contribution in [0.1, 0.15) is 12.0 Å². The second kappa shape index (κ2) is 7.83. The maximum atomic E-state index is 13.6. The third-order valence-electron chi connectivity index (χ3n) is 4.00. The van der Waals surface area contributed by atoms with E-state index in [-0.39, 0.29) is 18.7 Å². The van der Waals surface area contributed by atoms with Crippen molar-refractivity contribution >= 4 is 17.6 Å². The predicted octanol–water partition coefficient (Wildman–Crippen LogP) is 3.24. The quantitative estimate of drug-likeness (QED) is 0.342. The van der Waals surface area contributed by atoms with Crippen LogP contribution in [0, 0.1) is 29.1 Å². The van der Waals surface area contributed by atoms with Gasteiger partial charge in [-0.25, -0.2) is 22.0 Å². The van der Waals surface area contributed by atoms with Crippen LogP contribution in [0.4, 0.5) is 27.6 Å². The molecule has 0 N–H and O–H groups in total. The smallest absolute Gasteiger partial charge is 0.326 e. The van der Waals surface area contributed by atoms with Gasteiger partial charge in [-0.2, -0.15) is 0 Å². The molecule has 2 aromatic carbocycles. The van der Waals surface area contributed by atoms with E-state index in [0.717, 1.165) is 4.90 Å². The topological polar surface area (TPSA) is 55.8 Å². The van der Waals surface area contributed by atoms with Crippen molar-refractivity contribution in [1.29, 1.82) is 0 Å². The molecule has 1 aliphatic rings. The summed E-state index contributed by atoms with van der Waals surface area (Å²) in [6.45, 7) is -1.73. The molecule has 148 valence electrons. The van der Waals surface area contributed by atoms with Crippen LogP contribution < -0.4 is 9.64 Å². The van der Waals surface area contributed by atoms with Gasteiger partial charge >= 0.3 is 5.97 Å². The number of ether oxygens (including phenoxy) is 2. The third-order valence-corrected chi connectivity index (χ3v) is 4.00. The molecule has 28 heavy (non-hydrogen) atoms. The van der Waals surface area contributed by atoms with E-state index in [1.165, 1.54) is 6.07 Å². The number of nitrogens with zero attached hydrogens (tertiary/aromatic N) is 1. The van der Waals surface area contributed by atoms with Gasteiger partial charge in [0.2, 0.25) is 11.7 Å². The molecule has 0 saturated heterocycles. The molecule has 1 aliphatic heterocycles. The Balaban J connectivity index is 1.76. The van der Waals surface area contributed by atoms with Gasteiger partial charge in [-0.1, -0.05) is 12.1 Å². The van der Waals surface area contributed by atoms with E-state index >= 15 is 0 Å². The number of hydrogen-bond donors (Lipinski definition) is 0. The number of hydrogen-bond acceptors (Lipinski definition) is 4. The minimum absolute atomic E-state index is 0.0282. The highest BCUT2D eigenvalue weighted by molar-refractivity contribution is 5.99. The lowest BCUT2D eigenvalue weighted by atomic mass is 10.2. The normalized spacial score (nSPS) is 13.6. The Labute approximate surface area is 155 Å². The molecule has 3 rings (SSSR count). The van der Waals surface area contributed by atoms with Crippen LogP contribution in [-0.4, -0.2) is 25.0 Å². The molecule has 5 nitrogen and oxygen atoms in total. The maximum absolute atomic E-state index is 13.6. The minimum Gasteiger partial charge on any atom is -0.491 e. The lowest BCUT2D eigenvalue weighted by molar-refractivity contribution is -0.144. The first-order chi connectivity index (χ1) is 13.3. The number of halogens is 5. The van der Waals surface area contributed by atoms with Gasteiger partial charge in [-0.3, -0.25) is 14.5 Å². The summed E-state index contributed by atoms with van der Waals surface area (Å²) in [7, 11) is 0. The van der Waals surface area contributed by atoms with Gasteiger partial charge in [0.05, 0.1) is 24.3 Å². The Morgan fingerprint density at radius 3 is 2.29 bits per heavy atom. The average molecular weight is 401 g/mol. The Kier molecular flexibility index (Phi) is 5.48. The fourth-order valence-electron chi connectivity index (χ4n) is 2.60. The van der Waals surface area contributed by atoms with Crippen molar-refractivity contribution in [2.45, 2.75) is 13.0 Å². The van der Waals surface area contributed by atoms with Gasteiger partial charge in [-0.05, 0) is 12.1 Å². The molecular formula is C18H12F5NO4. The van der Waals surface area contributed by atoms with Crippen LogP contribution in [-0.2, 0) is 20.9 Å². The molecule has 10 heteroatoms. The molecule has 2 aromatic rings. The summed E-state index contributed by atoms with van der Waals surface area (Å²) in [4.78, 5) is 25.3. The second-order valence-corrected chi connectivity index (χ2v) is 5.76. The van der Waals surface area contributed by atoms with Gasteiger partial charge in [0, 0.05) is 0 Å². The molecule has 0 aromatic heterocycles. The summed E-state index contributed by atoms with van der Waals surface area (Å²) in [5.41, 5.74) is -0.992. The van der Waals surface area contributed by atoms with Crippen molar-refractivity contribution in [3.63, 3.8) is 0 Å². The summed E-state index contributed by atoms with van der Waals surface area (Å²) in [5, 5.41) is 0. The highest BCUT2D eigenvalue weighted by atomic mass is 19.2. The molecule has 0 atom stereocenters. The molecule has 0 unspecified atom stereocenters. The van der Waals surface area contributed by atoms with Crippen LogP contribution in [0.25, 0.3) is 0 Å². The Bertz CT molecular complexity index is 921. The van der Waals surface area contributed by atoms with E-state index in [9.17, 15) is 31.5 Å². The number of benzene rings is 2. The molecule has 0 bridgehead atoms. The molecule has 0 saturated carbocycles. The Morgan fingerprint density at radius 1 is 1.00 bits per heavy atom. The van der Waals surface area contributed by atoms with E-state index in [0.29, 0.717) is 5.75 Å². The summed E-state index contributed by atoms with van der Waals surface area (Å²) in [5.74, 6) is -12.0. The molecule has 0 fully saturated rings.